The predicted molar refractivity (Wildman–Crippen MR) is 113 cm³/mol. The van der Waals surface area contributed by atoms with Gasteiger partial charge in [-0.2, -0.15) is 0 Å². The molecule has 3 aromatic rings. The topological polar surface area (TPSA) is 88.6 Å². The Morgan fingerprint density at radius 2 is 2.00 bits per heavy atom. The van der Waals surface area contributed by atoms with Gasteiger partial charge in [0.25, 0.3) is 0 Å². The smallest absolute Gasteiger partial charge is 0.407 e. The van der Waals surface area contributed by atoms with E-state index in [1.165, 1.54) is 0 Å². The number of amides is 1. The van der Waals surface area contributed by atoms with Crippen molar-refractivity contribution in [2.24, 2.45) is 5.16 Å². The number of H-pyrrole nitrogens is 1. The maximum atomic E-state index is 11.6. The van der Waals surface area contributed by atoms with Crippen molar-refractivity contribution in [3.63, 3.8) is 0 Å². The van der Waals surface area contributed by atoms with E-state index in [1.807, 2.05) is 63.2 Å². The lowest BCUT2D eigenvalue weighted by Gasteiger charge is -2.19. The van der Waals surface area contributed by atoms with Crippen LogP contribution in [0.1, 0.15) is 38.4 Å². The van der Waals surface area contributed by atoms with Crippen LogP contribution in [0, 0.1) is 0 Å². The van der Waals surface area contributed by atoms with E-state index in [0.717, 1.165) is 22.2 Å². The molecule has 152 valence electrons. The van der Waals surface area contributed by atoms with Crippen LogP contribution in [0.25, 0.3) is 10.9 Å². The van der Waals surface area contributed by atoms with Crippen molar-refractivity contribution in [2.75, 3.05) is 13.2 Å². The number of ether oxygens (including phenoxy) is 1. The van der Waals surface area contributed by atoms with E-state index in [1.54, 1.807) is 12.4 Å². The molecular weight excluding hydrogens is 368 g/mol. The first-order valence-corrected chi connectivity index (χ1v) is 9.58. The molecule has 0 saturated carbocycles. The zero-order valence-electron chi connectivity index (χ0n) is 16.9. The van der Waals surface area contributed by atoms with Gasteiger partial charge in [0.15, 0.2) is 0 Å². The van der Waals surface area contributed by atoms with Crippen LogP contribution < -0.4 is 5.32 Å². The van der Waals surface area contributed by atoms with Gasteiger partial charge in [-0.15, -0.1) is 0 Å². The summed E-state index contributed by atoms with van der Waals surface area (Å²) in [6.07, 6.45) is 3.72. The fourth-order valence-electron chi connectivity index (χ4n) is 2.70. The second kappa shape index (κ2) is 9.23. The molecule has 0 aliphatic heterocycles. The first kappa shape index (κ1) is 20.4. The molecule has 0 fully saturated rings. The van der Waals surface area contributed by atoms with E-state index < -0.39 is 11.7 Å². The van der Waals surface area contributed by atoms with Crippen LogP contribution in [0.3, 0.4) is 0 Å². The molecule has 3 rings (SSSR count). The largest absolute Gasteiger partial charge is 0.444 e. The van der Waals surface area contributed by atoms with Gasteiger partial charge in [-0.25, -0.2) is 4.79 Å². The van der Waals surface area contributed by atoms with Crippen LogP contribution in [0.15, 0.2) is 60.0 Å². The minimum Gasteiger partial charge on any atom is -0.444 e. The molecule has 0 spiro atoms. The van der Waals surface area contributed by atoms with Crippen molar-refractivity contribution in [2.45, 2.75) is 32.8 Å². The number of aromatic nitrogens is 2. The Kier molecular flexibility index (Phi) is 6.49. The maximum absolute atomic E-state index is 11.6. The van der Waals surface area contributed by atoms with Crippen molar-refractivity contribution < 1.29 is 14.4 Å². The average molecular weight is 394 g/mol. The molecule has 0 unspecified atom stereocenters. The number of pyridine rings is 1. The lowest BCUT2D eigenvalue weighted by atomic mass is 10.1. The van der Waals surface area contributed by atoms with Gasteiger partial charge in [0.05, 0.1) is 17.4 Å². The monoisotopic (exact) mass is 394 g/mol. The lowest BCUT2D eigenvalue weighted by molar-refractivity contribution is 0.0520. The minimum atomic E-state index is -0.509. The molecular formula is C22H26N4O3. The van der Waals surface area contributed by atoms with E-state index in [4.69, 9.17) is 9.57 Å². The van der Waals surface area contributed by atoms with Crippen molar-refractivity contribution in [1.82, 2.24) is 15.3 Å². The number of hydrogen-bond acceptors (Lipinski definition) is 5. The lowest BCUT2D eigenvalue weighted by Crippen LogP contribution is -2.33. The summed E-state index contributed by atoms with van der Waals surface area (Å²) in [5, 5.41) is 8.12. The second-order valence-electron chi connectivity index (χ2n) is 7.57. The number of benzene rings is 1. The average Bonchev–Trinajstić information content (AvgIpc) is 3.10. The third-order valence-corrected chi connectivity index (χ3v) is 3.96. The van der Waals surface area contributed by atoms with Crippen LogP contribution in [-0.4, -0.2) is 40.5 Å². The standard InChI is InChI=1S/C22H26N4O3/c1-22(2,3)29-21(27)24-11-7-13-28-26-20(16-8-5-4-6-9-16)18-14-17-10-12-23-15-19(17)25-18/h4-6,8-10,12,14-15,25H,7,11,13H2,1-3H3,(H,24,27). The van der Waals surface area contributed by atoms with Gasteiger partial charge >= 0.3 is 6.09 Å². The van der Waals surface area contributed by atoms with Crippen LogP contribution in [-0.2, 0) is 9.57 Å². The Bertz CT molecular complexity index is 941. The SMILES string of the molecule is CC(C)(C)OC(=O)NCCCON=C(c1ccccc1)c1cc2ccncc2[nH]1. The van der Waals surface area contributed by atoms with E-state index in [9.17, 15) is 4.79 Å². The van der Waals surface area contributed by atoms with Gasteiger partial charge in [0.2, 0.25) is 0 Å². The van der Waals surface area contributed by atoms with Gasteiger partial charge in [-0.3, -0.25) is 4.98 Å². The van der Waals surface area contributed by atoms with E-state index in [0.29, 0.717) is 25.3 Å². The molecule has 2 heterocycles. The molecule has 1 amide bonds. The van der Waals surface area contributed by atoms with Crippen molar-refractivity contribution in [3.8, 4) is 0 Å². The summed E-state index contributed by atoms with van der Waals surface area (Å²) in [5.74, 6) is 0. The number of hydrogen-bond donors (Lipinski definition) is 2. The number of carbonyl (C=O) groups is 1. The summed E-state index contributed by atoms with van der Waals surface area (Å²) >= 11 is 0. The number of oxime groups is 1. The summed E-state index contributed by atoms with van der Waals surface area (Å²) in [6.45, 7) is 6.30. The number of aromatic amines is 1. The molecule has 2 N–H and O–H groups in total. The number of rotatable bonds is 7. The molecule has 0 aliphatic rings. The number of alkyl carbamates (subject to hydrolysis) is 1. The third kappa shape index (κ3) is 6.07. The van der Waals surface area contributed by atoms with Gasteiger partial charge in [0, 0.05) is 30.1 Å². The van der Waals surface area contributed by atoms with Crippen LogP contribution >= 0.6 is 0 Å². The van der Waals surface area contributed by atoms with Crippen LogP contribution in [0.4, 0.5) is 4.79 Å². The summed E-state index contributed by atoms with van der Waals surface area (Å²) in [7, 11) is 0. The number of nitrogens with one attached hydrogen (secondary N) is 2. The molecule has 7 nitrogen and oxygen atoms in total. The molecule has 29 heavy (non-hydrogen) atoms. The van der Waals surface area contributed by atoms with Gasteiger partial charge in [-0.1, -0.05) is 35.5 Å². The summed E-state index contributed by atoms with van der Waals surface area (Å²) in [6, 6.07) is 13.8. The van der Waals surface area contributed by atoms with E-state index in [2.05, 4.69) is 20.4 Å². The predicted octanol–water partition coefficient (Wildman–Crippen LogP) is 4.25. The molecule has 0 bridgehead atoms. The fourth-order valence-corrected chi connectivity index (χ4v) is 2.70. The quantitative estimate of drug-likeness (QED) is 0.356. The Balaban J connectivity index is 1.62. The zero-order valence-corrected chi connectivity index (χ0v) is 16.9. The molecule has 0 atom stereocenters. The number of nitrogens with zero attached hydrogens (tertiary/aromatic N) is 2. The highest BCUT2D eigenvalue weighted by molar-refractivity contribution is 6.13. The van der Waals surface area contributed by atoms with Crippen molar-refractivity contribution in [3.05, 3.63) is 66.1 Å². The highest BCUT2D eigenvalue weighted by atomic mass is 16.6. The number of carbonyl (C=O) groups excluding carboxylic acids is 1. The molecule has 0 radical (unpaired) electrons. The fraction of sp³-hybridized carbons (Fsp3) is 0.318. The molecule has 2 aromatic heterocycles. The Hall–Kier alpha value is -3.35. The van der Waals surface area contributed by atoms with Crippen LogP contribution in [0.2, 0.25) is 0 Å². The molecule has 0 aliphatic carbocycles. The Labute approximate surface area is 170 Å². The highest BCUT2D eigenvalue weighted by Crippen LogP contribution is 2.17. The van der Waals surface area contributed by atoms with Crippen LogP contribution in [0.5, 0.6) is 0 Å². The zero-order chi connectivity index (χ0) is 20.7. The van der Waals surface area contributed by atoms with E-state index in [-0.39, 0.29) is 0 Å². The maximum Gasteiger partial charge on any atom is 0.407 e. The van der Waals surface area contributed by atoms with Gasteiger partial charge < -0.3 is 19.9 Å². The molecule has 0 saturated heterocycles. The highest BCUT2D eigenvalue weighted by Gasteiger charge is 2.15. The number of fused-ring (bicyclic) bond motifs is 1. The second-order valence-corrected chi connectivity index (χ2v) is 7.57. The first-order valence-electron chi connectivity index (χ1n) is 9.58. The van der Waals surface area contributed by atoms with Gasteiger partial charge in [-0.05, 0) is 32.9 Å². The van der Waals surface area contributed by atoms with Crippen molar-refractivity contribution >= 4 is 22.7 Å². The summed E-state index contributed by atoms with van der Waals surface area (Å²) in [4.78, 5) is 24.7. The third-order valence-electron chi connectivity index (χ3n) is 3.96. The summed E-state index contributed by atoms with van der Waals surface area (Å²) in [5.41, 5.74) is 2.93. The Morgan fingerprint density at radius 3 is 2.72 bits per heavy atom. The van der Waals surface area contributed by atoms with Gasteiger partial charge in [0.1, 0.15) is 17.9 Å². The molecule has 7 heteroatoms. The first-order chi connectivity index (χ1) is 13.9. The normalized spacial score (nSPS) is 12.0. The molecule has 1 aromatic carbocycles. The minimum absolute atomic E-state index is 0.369. The Morgan fingerprint density at radius 1 is 1.21 bits per heavy atom. The van der Waals surface area contributed by atoms with Crippen molar-refractivity contribution in [1.29, 1.82) is 0 Å². The summed E-state index contributed by atoms with van der Waals surface area (Å²) < 4.78 is 5.20. The van der Waals surface area contributed by atoms with E-state index >= 15 is 0 Å².